The molecular formula is C22H30F2N4O3. The van der Waals surface area contributed by atoms with Crippen LogP contribution in [0.25, 0.3) is 0 Å². The zero-order chi connectivity index (χ0) is 22.6. The summed E-state index contributed by atoms with van der Waals surface area (Å²) in [6.07, 6.45) is 0. The van der Waals surface area contributed by atoms with Gasteiger partial charge in [-0.1, -0.05) is 12.1 Å². The van der Waals surface area contributed by atoms with Gasteiger partial charge < -0.3 is 29.7 Å². The molecule has 0 aromatic heterocycles. The Morgan fingerprint density at radius 2 is 1.84 bits per heavy atom. The maximum absolute atomic E-state index is 12.7. The van der Waals surface area contributed by atoms with E-state index in [1.807, 2.05) is 38.4 Å². The van der Waals surface area contributed by atoms with Crippen molar-refractivity contribution in [3.05, 3.63) is 53.6 Å². The van der Waals surface area contributed by atoms with Gasteiger partial charge in [-0.05, 0) is 50.0 Å². The first-order valence-electron chi connectivity index (χ1n) is 9.84. The lowest BCUT2D eigenvalue weighted by atomic mass is 10.2. The highest BCUT2D eigenvalue weighted by atomic mass is 19.3. The highest BCUT2D eigenvalue weighted by Crippen LogP contribution is 2.25. The molecule has 0 atom stereocenters. The monoisotopic (exact) mass is 436 g/mol. The van der Waals surface area contributed by atoms with Crippen LogP contribution < -0.4 is 24.8 Å². The van der Waals surface area contributed by atoms with Gasteiger partial charge in [0.2, 0.25) is 0 Å². The Morgan fingerprint density at radius 1 is 1.06 bits per heavy atom. The van der Waals surface area contributed by atoms with Crippen LogP contribution >= 0.6 is 0 Å². The fourth-order valence-electron chi connectivity index (χ4n) is 2.71. The highest BCUT2D eigenvalue weighted by Gasteiger charge is 2.11. The third-order valence-electron chi connectivity index (χ3n) is 4.32. The molecule has 0 unspecified atom stereocenters. The molecule has 2 rings (SSSR count). The number of methoxy groups -OCH3 is 1. The first-order valence-corrected chi connectivity index (χ1v) is 9.84. The zero-order valence-electron chi connectivity index (χ0n) is 18.3. The van der Waals surface area contributed by atoms with Crippen molar-refractivity contribution in [3.63, 3.8) is 0 Å². The average molecular weight is 437 g/mol. The fraction of sp³-hybridized carbons (Fsp3) is 0.409. The molecular weight excluding hydrogens is 406 g/mol. The van der Waals surface area contributed by atoms with Crippen molar-refractivity contribution in [2.45, 2.75) is 19.7 Å². The summed E-state index contributed by atoms with van der Waals surface area (Å²) in [5, 5.41) is 6.31. The fourth-order valence-corrected chi connectivity index (χ4v) is 2.71. The Morgan fingerprint density at radius 3 is 2.52 bits per heavy atom. The van der Waals surface area contributed by atoms with Crippen LogP contribution in [0.3, 0.4) is 0 Å². The number of nitrogens with zero attached hydrogens (tertiary/aromatic N) is 2. The molecule has 2 aromatic rings. The maximum Gasteiger partial charge on any atom is 0.387 e. The van der Waals surface area contributed by atoms with Gasteiger partial charge in [-0.25, -0.2) is 0 Å². The van der Waals surface area contributed by atoms with Crippen molar-refractivity contribution in [2.75, 3.05) is 41.4 Å². The number of nitrogens with one attached hydrogen (secondary N) is 2. The Bertz CT molecular complexity index is 847. The van der Waals surface area contributed by atoms with E-state index < -0.39 is 6.61 Å². The summed E-state index contributed by atoms with van der Waals surface area (Å²) in [5.41, 5.74) is 1.55. The van der Waals surface area contributed by atoms with Gasteiger partial charge in [-0.15, -0.1) is 0 Å². The predicted octanol–water partition coefficient (Wildman–Crippen LogP) is 3.10. The smallest absolute Gasteiger partial charge is 0.387 e. The minimum Gasteiger partial charge on any atom is -0.497 e. The van der Waals surface area contributed by atoms with Crippen molar-refractivity contribution >= 4 is 5.96 Å². The molecule has 0 aliphatic rings. The Balaban J connectivity index is 1.93. The van der Waals surface area contributed by atoms with E-state index in [-0.39, 0.29) is 12.3 Å². The molecule has 9 heteroatoms. The minimum atomic E-state index is -2.91. The summed E-state index contributed by atoms with van der Waals surface area (Å²) in [6, 6.07) is 12.5. The van der Waals surface area contributed by atoms with Gasteiger partial charge >= 0.3 is 6.61 Å². The third-order valence-corrected chi connectivity index (χ3v) is 4.32. The summed E-state index contributed by atoms with van der Waals surface area (Å²) in [6.45, 7) is -0.718. The number of rotatable bonds is 11. The zero-order valence-corrected chi connectivity index (χ0v) is 18.3. The van der Waals surface area contributed by atoms with E-state index in [0.29, 0.717) is 30.4 Å². The number of aliphatic imine (C=N–C) groups is 1. The third kappa shape index (κ3) is 8.67. The van der Waals surface area contributed by atoms with E-state index in [9.17, 15) is 8.78 Å². The topological polar surface area (TPSA) is 67.4 Å². The van der Waals surface area contributed by atoms with E-state index in [0.717, 1.165) is 17.9 Å². The molecule has 0 spiro atoms. The van der Waals surface area contributed by atoms with Crippen LogP contribution in [-0.4, -0.2) is 58.9 Å². The van der Waals surface area contributed by atoms with Crippen LogP contribution in [0.5, 0.6) is 17.2 Å². The van der Waals surface area contributed by atoms with Crippen molar-refractivity contribution in [3.8, 4) is 17.2 Å². The lowest BCUT2D eigenvalue weighted by molar-refractivity contribution is -0.0505. The molecule has 0 saturated carbocycles. The molecule has 0 bridgehead atoms. The molecule has 0 amide bonds. The van der Waals surface area contributed by atoms with Crippen LogP contribution in [0, 0.1) is 0 Å². The van der Waals surface area contributed by atoms with Gasteiger partial charge in [-0.2, -0.15) is 8.78 Å². The lowest BCUT2D eigenvalue weighted by Crippen LogP contribution is -2.36. The van der Waals surface area contributed by atoms with Crippen LogP contribution in [0.2, 0.25) is 0 Å². The summed E-state index contributed by atoms with van der Waals surface area (Å²) >= 11 is 0. The summed E-state index contributed by atoms with van der Waals surface area (Å²) in [5.74, 6) is 1.95. The Labute approximate surface area is 182 Å². The van der Waals surface area contributed by atoms with Crippen LogP contribution in [0.1, 0.15) is 11.1 Å². The molecule has 2 N–H and O–H groups in total. The number of guanidine groups is 1. The largest absolute Gasteiger partial charge is 0.497 e. The Kier molecular flexibility index (Phi) is 9.83. The number of benzene rings is 2. The maximum atomic E-state index is 12.7. The number of likely N-dealkylation sites (N-methyl/N-ethyl adjacent to an activating group) is 1. The number of hydrogen-bond donors (Lipinski definition) is 2. The molecule has 170 valence electrons. The second-order valence-electron chi connectivity index (χ2n) is 6.93. The Hall–Kier alpha value is -3.07. The summed E-state index contributed by atoms with van der Waals surface area (Å²) < 4.78 is 40.9. The molecule has 7 nitrogen and oxygen atoms in total. The number of halogens is 2. The number of ether oxygens (including phenoxy) is 3. The van der Waals surface area contributed by atoms with E-state index in [1.54, 1.807) is 19.2 Å². The van der Waals surface area contributed by atoms with Gasteiger partial charge in [0.25, 0.3) is 0 Å². The van der Waals surface area contributed by atoms with Crippen molar-refractivity contribution < 1.29 is 23.0 Å². The van der Waals surface area contributed by atoms with E-state index in [4.69, 9.17) is 9.47 Å². The second kappa shape index (κ2) is 12.6. The van der Waals surface area contributed by atoms with Gasteiger partial charge in [-0.3, -0.25) is 4.99 Å². The normalized spacial score (nSPS) is 11.5. The number of hydrogen-bond acceptors (Lipinski definition) is 5. The quantitative estimate of drug-likeness (QED) is 0.417. The van der Waals surface area contributed by atoms with Gasteiger partial charge in [0.05, 0.1) is 7.11 Å². The lowest BCUT2D eigenvalue weighted by Gasteiger charge is -2.16. The molecule has 0 fully saturated rings. The molecule has 0 aliphatic carbocycles. The average Bonchev–Trinajstić information content (AvgIpc) is 2.74. The minimum absolute atomic E-state index is 0.0846. The molecule has 0 saturated heterocycles. The van der Waals surface area contributed by atoms with Crippen molar-refractivity contribution in [1.29, 1.82) is 0 Å². The second-order valence-corrected chi connectivity index (χ2v) is 6.93. The van der Waals surface area contributed by atoms with Gasteiger partial charge in [0.1, 0.15) is 23.9 Å². The van der Waals surface area contributed by atoms with Crippen LogP contribution in [-0.2, 0) is 13.1 Å². The van der Waals surface area contributed by atoms with Gasteiger partial charge in [0.15, 0.2) is 5.96 Å². The molecule has 0 aliphatic heterocycles. The summed E-state index contributed by atoms with van der Waals surface area (Å²) in [4.78, 5) is 6.24. The van der Waals surface area contributed by atoms with Crippen molar-refractivity contribution in [1.82, 2.24) is 15.5 Å². The molecule has 0 heterocycles. The summed E-state index contributed by atoms with van der Waals surface area (Å²) in [7, 11) is 7.14. The first-order chi connectivity index (χ1) is 14.9. The first kappa shape index (κ1) is 24.2. The molecule has 31 heavy (non-hydrogen) atoms. The van der Waals surface area contributed by atoms with Crippen LogP contribution in [0.15, 0.2) is 47.5 Å². The SMILES string of the molecule is CN=C(NCc1cccc(OCCN(C)C)c1)NCc1cc(OC)ccc1OC(F)F. The van der Waals surface area contributed by atoms with Crippen molar-refractivity contribution in [2.24, 2.45) is 4.99 Å². The van der Waals surface area contributed by atoms with Crippen LogP contribution in [0.4, 0.5) is 8.78 Å². The molecule has 2 aromatic carbocycles. The van der Waals surface area contributed by atoms with E-state index in [1.165, 1.54) is 13.2 Å². The van der Waals surface area contributed by atoms with E-state index >= 15 is 0 Å². The predicted molar refractivity (Wildman–Crippen MR) is 117 cm³/mol. The van der Waals surface area contributed by atoms with E-state index in [2.05, 4.69) is 25.3 Å². The standard InChI is InChI=1S/C22H30F2N4O3/c1-25-22(26-14-16-6-5-7-19(12-16)30-11-10-28(2)3)27-15-17-13-18(29-4)8-9-20(17)31-21(23)24/h5-9,12-13,21H,10-11,14-15H2,1-4H3,(H2,25,26,27). The highest BCUT2D eigenvalue weighted by molar-refractivity contribution is 5.79. The number of alkyl halides is 2. The van der Waals surface area contributed by atoms with Gasteiger partial charge in [0, 0.05) is 32.2 Å². The molecule has 0 radical (unpaired) electrons.